The van der Waals surface area contributed by atoms with Crippen LogP contribution in [0.3, 0.4) is 0 Å². The second-order valence-corrected chi connectivity index (χ2v) is 5.65. The maximum absolute atomic E-state index is 9.00. The highest BCUT2D eigenvalue weighted by atomic mass is 32.2. The SMILES string of the molecule is C[C@H](C#N)Sc1nnc(-c2ccco2)n1-c1ccccc1. The van der Waals surface area contributed by atoms with Crippen LogP contribution in [0, 0.1) is 11.3 Å². The third-order valence-electron chi connectivity index (χ3n) is 2.85. The maximum atomic E-state index is 9.00. The molecule has 3 aromatic rings. The zero-order valence-electron chi connectivity index (χ0n) is 11.3. The van der Waals surface area contributed by atoms with E-state index in [1.165, 1.54) is 11.8 Å². The molecule has 6 heteroatoms. The van der Waals surface area contributed by atoms with E-state index in [2.05, 4.69) is 16.3 Å². The molecule has 2 aromatic heterocycles. The predicted molar refractivity (Wildman–Crippen MR) is 80.0 cm³/mol. The fourth-order valence-corrected chi connectivity index (χ4v) is 2.66. The van der Waals surface area contributed by atoms with Crippen molar-refractivity contribution < 1.29 is 4.42 Å². The number of aromatic nitrogens is 3. The first kappa shape index (κ1) is 13.5. The highest BCUT2D eigenvalue weighted by molar-refractivity contribution is 8.00. The second kappa shape index (κ2) is 5.85. The largest absolute Gasteiger partial charge is 0.461 e. The van der Waals surface area contributed by atoms with Gasteiger partial charge in [-0.05, 0) is 31.2 Å². The van der Waals surface area contributed by atoms with Gasteiger partial charge in [-0.15, -0.1) is 10.2 Å². The summed E-state index contributed by atoms with van der Waals surface area (Å²) in [4.78, 5) is 0. The van der Waals surface area contributed by atoms with Crippen molar-refractivity contribution in [2.45, 2.75) is 17.3 Å². The summed E-state index contributed by atoms with van der Waals surface area (Å²) in [6.07, 6.45) is 1.60. The average molecular weight is 296 g/mol. The van der Waals surface area contributed by atoms with E-state index in [0.29, 0.717) is 16.7 Å². The van der Waals surface area contributed by atoms with Crippen LogP contribution in [0.2, 0.25) is 0 Å². The minimum absolute atomic E-state index is 0.207. The number of furan rings is 1. The first-order valence-corrected chi connectivity index (χ1v) is 7.28. The van der Waals surface area contributed by atoms with Gasteiger partial charge in [0.1, 0.15) is 0 Å². The van der Waals surface area contributed by atoms with Gasteiger partial charge < -0.3 is 4.42 Å². The second-order valence-electron chi connectivity index (χ2n) is 4.34. The van der Waals surface area contributed by atoms with Gasteiger partial charge in [0.25, 0.3) is 0 Å². The molecule has 2 heterocycles. The molecule has 0 unspecified atom stereocenters. The quantitative estimate of drug-likeness (QED) is 0.689. The highest BCUT2D eigenvalue weighted by Crippen LogP contribution is 2.29. The first-order chi connectivity index (χ1) is 10.3. The number of nitriles is 1. The normalized spacial score (nSPS) is 12.0. The number of rotatable bonds is 4. The fraction of sp³-hybridized carbons (Fsp3) is 0.133. The molecule has 0 amide bonds. The Morgan fingerprint density at radius 1 is 1.19 bits per heavy atom. The summed E-state index contributed by atoms with van der Waals surface area (Å²) in [5.74, 6) is 1.27. The van der Waals surface area contributed by atoms with Gasteiger partial charge in [-0.3, -0.25) is 4.57 Å². The molecule has 0 N–H and O–H groups in total. The molecule has 0 radical (unpaired) electrons. The standard InChI is InChI=1S/C15H12N4OS/c1-11(10-16)21-15-18-17-14(13-8-5-9-20-13)19(15)12-6-3-2-4-7-12/h2-9,11H,1H3/t11-/m1/s1. The Kier molecular flexibility index (Phi) is 3.75. The van der Waals surface area contributed by atoms with Crippen LogP contribution < -0.4 is 0 Å². The number of thioether (sulfide) groups is 1. The third kappa shape index (κ3) is 2.69. The molecule has 104 valence electrons. The number of hydrogen-bond acceptors (Lipinski definition) is 5. The van der Waals surface area contributed by atoms with Crippen LogP contribution in [-0.4, -0.2) is 20.0 Å². The number of benzene rings is 1. The van der Waals surface area contributed by atoms with Crippen molar-refractivity contribution in [2.75, 3.05) is 0 Å². The van der Waals surface area contributed by atoms with Crippen molar-refractivity contribution >= 4 is 11.8 Å². The zero-order valence-corrected chi connectivity index (χ0v) is 12.1. The maximum Gasteiger partial charge on any atom is 0.205 e. The molecule has 21 heavy (non-hydrogen) atoms. The first-order valence-electron chi connectivity index (χ1n) is 6.40. The smallest absolute Gasteiger partial charge is 0.205 e. The number of nitrogens with zero attached hydrogens (tertiary/aromatic N) is 4. The van der Waals surface area contributed by atoms with Gasteiger partial charge in [-0.25, -0.2) is 0 Å². The van der Waals surface area contributed by atoms with E-state index < -0.39 is 0 Å². The lowest BCUT2D eigenvalue weighted by atomic mass is 10.3. The Hall–Kier alpha value is -2.52. The molecule has 0 aliphatic rings. The van der Waals surface area contributed by atoms with Crippen LogP contribution in [0.15, 0.2) is 58.3 Å². The molecule has 0 aliphatic heterocycles. The molecule has 1 aromatic carbocycles. The van der Waals surface area contributed by atoms with Crippen molar-refractivity contribution in [1.29, 1.82) is 5.26 Å². The summed E-state index contributed by atoms with van der Waals surface area (Å²) in [7, 11) is 0. The van der Waals surface area contributed by atoms with Gasteiger partial charge in [-0.2, -0.15) is 5.26 Å². The Bertz CT molecular complexity index is 759. The molecule has 1 atom stereocenters. The van der Waals surface area contributed by atoms with Crippen molar-refractivity contribution in [3.63, 3.8) is 0 Å². The van der Waals surface area contributed by atoms with Crippen molar-refractivity contribution in [2.24, 2.45) is 0 Å². The van der Waals surface area contributed by atoms with Crippen LogP contribution >= 0.6 is 11.8 Å². The fourth-order valence-electron chi connectivity index (χ4n) is 1.91. The average Bonchev–Trinajstić information content (AvgIpc) is 3.17. The highest BCUT2D eigenvalue weighted by Gasteiger charge is 2.19. The summed E-state index contributed by atoms with van der Waals surface area (Å²) < 4.78 is 7.33. The number of hydrogen-bond donors (Lipinski definition) is 0. The zero-order chi connectivity index (χ0) is 14.7. The van der Waals surface area contributed by atoms with Crippen LogP contribution in [0.4, 0.5) is 0 Å². The minimum atomic E-state index is -0.207. The molecule has 0 saturated carbocycles. The lowest BCUT2D eigenvalue weighted by Gasteiger charge is -2.09. The van der Waals surface area contributed by atoms with E-state index in [1.54, 1.807) is 6.26 Å². The Morgan fingerprint density at radius 2 is 2.00 bits per heavy atom. The summed E-state index contributed by atoms with van der Waals surface area (Å²) in [6.45, 7) is 1.83. The molecular weight excluding hydrogens is 284 g/mol. The molecule has 0 spiro atoms. The number of para-hydroxylation sites is 1. The molecular formula is C15H12N4OS. The van der Waals surface area contributed by atoms with E-state index >= 15 is 0 Å². The van der Waals surface area contributed by atoms with E-state index in [9.17, 15) is 0 Å². The molecule has 3 rings (SSSR count). The van der Waals surface area contributed by atoms with Crippen LogP contribution in [0.5, 0.6) is 0 Å². The third-order valence-corrected chi connectivity index (χ3v) is 3.79. The summed E-state index contributed by atoms with van der Waals surface area (Å²) in [5.41, 5.74) is 0.932. The van der Waals surface area contributed by atoms with Crippen LogP contribution in [0.1, 0.15) is 6.92 Å². The lowest BCUT2D eigenvalue weighted by molar-refractivity contribution is 0.575. The van der Waals surface area contributed by atoms with E-state index in [1.807, 2.05) is 54.0 Å². The van der Waals surface area contributed by atoms with Gasteiger partial charge >= 0.3 is 0 Å². The van der Waals surface area contributed by atoms with Crippen molar-refractivity contribution in [3.8, 4) is 23.3 Å². The van der Waals surface area contributed by atoms with Crippen LogP contribution in [0.25, 0.3) is 17.3 Å². The van der Waals surface area contributed by atoms with E-state index in [0.717, 1.165) is 5.69 Å². The Morgan fingerprint density at radius 3 is 2.67 bits per heavy atom. The van der Waals surface area contributed by atoms with Gasteiger partial charge in [-0.1, -0.05) is 30.0 Å². The van der Waals surface area contributed by atoms with Gasteiger partial charge in [0.05, 0.1) is 17.6 Å². The van der Waals surface area contributed by atoms with Gasteiger partial charge in [0.15, 0.2) is 10.9 Å². The Balaban J connectivity index is 2.13. The monoisotopic (exact) mass is 296 g/mol. The molecule has 0 aliphatic carbocycles. The molecule has 5 nitrogen and oxygen atoms in total. The topological polar surface area (TPSA) is 67.6 Å². The lowest BCUT2D eigenvalue weighted by Crippen LogP contribution is -2.01. The minimum Gasteiger partial charge on any atom is -0.461 e. The summed E-state index contributed by atoms with van der Waals surface area (Å²) in [5, 5.41) is 17.9. The van der Waals surface area contributed by atoms with Crippen LogP contribution in [-0.2, 0) is 0 Å². The summed E-state index contributed by atoms with van der Waals surface area (Å²) >= 11 is 1.37. The predicted octanol–water partition coefficient (Wildman–Crippen LogP) is 3.53. The summed E-state index contributed by atoms with van der Waals surface area (Å²) in [6, 6.07) is 15.6. The van der Waals surface area contributed by atoms with Gasteiger partial charge in [0, 0.05) is 5.69 Å². The van der Waals surface area contributed by atoms with Gasteiger partial charge in [0.2, 0.25) is 5.82 Å². The Labute approximate surface area is 126 Å². The molecule has 0 bridgehead atoms. The van der Waals surface area contributed by atoms with Crippen molar-refractivity contribution in [1.82, 2.24) is 14.8 Å². The van der Waals surface area contributed by atoms with Crippen molar-refractivity contribution in [3.05, 3.63) is 48.7 Å². The molecule has 0 fully saturated rings. The van der Waals surface area contributed by atoms with E-state index in [-0.39, 0.29) is 5.25 Å². The van der Waals surface area contributed by atoms with E-state index in [4.69, 9.17) is 9.68 Å². The molecule has 0 saturated heterocycles.